The predicted octanol–water partition coefficient (Wildman–Crippen LogP) is 4.03. The van der Waals surface area contributed by atoms with Gasteiger partial charge < -0.3 is 4.74 Å². The Labute approximate surface area is 116 Å². The Bertz CT molecular complexity index is 417. The Hall–Kier alpha value is -1.15. The zero-order valence-electron chi connectivity index (χ0n) is 12.0. The Morgan fingerprint density at radius 2 is 2.21 bits per heavy atom. The summed E-state index contributed by atoms with van der Waals surface area (Å²) in [5.41, 5.74) is 2.10. The Morgan fingerprint density at radius 3 is 2.89 bits per heavy atom. The van der Waals surface area contributed by atoms with Crippen molar-refractivity contribution in [2.75, 3.05) is 6.61 Å². The summed E-state index contributed by atoms with van der Waals surface area (Å²) < 4.78 is 5.64. The van der Waals surface area contributed by atoms with E-state index in [4.69, 9.17) is 4.74 Å². The first-order chi connectivity index (χ1) is 9.15. The molecule has 1 aliphatic rings. The van der Waals surface area contributed by atoms with Crippen molar-refractivity contribution >= 4 is 5.78 Å². The Balaban J connectivity index is 1.97. The van der Waals surface area contributed by atoms with E-state index >= 15 is 0 Å². The van der Waals surface area contributed by atoms with Gasteiger partial charge in [0.2, 0.25) is 0 Å². The van der Waals surface area contributed by atoms with Crippen molar-refractivity contribution in [1.29, 1.82) is 0 Å². The summed E-state index contributed by atoms with van der Waals surface area (Å²) >= 11 is 0. The number of carbonyl (C=O) groups excluding carboxylic acids is 1. The van der Waals surface area contributed by atoms with E-state index in [2.05, 4.69) is 19.9 Å². The van der Waals surface area contributed by atoms with Crippen molar-refractivity contribution in [1.82, 2.24) is 0 Å². The molecule has 1 unspecified atom stereocenters. The first-order valence-electron chi connectivity index (χ1n) is 7.39. The average Bonchev–Trinajstić information content (AvgIpc) is 2.39. The van der Waals surface area contributed by atoms with Gasteiger partial charge in [-0.1, -0.05) is 32.0 Å². The highest BCUT2D eigenvalue weighted by Gasteiger charge is 2.18. The summed E-state index contributed by atoms with van der Waals surface area (Å²) in [5, 5.41) is 0. The van der Waals surface area contributed by atoms with E-state index < -0.39 is 0 Å². The van der Waals surface area contributed by atoms with Crippen LogP contribution in [-0.2, 0) is 11.2 Å². The second-order valence-corrected chi connectivity index (χ2v) is 5.91. The van der Waals surface area contributed by atoms with Crippen LogP contribution in [0.5, 0.6) is 0 Å². The van der Waals surface area contributed by atoms with Gasteiger partial charge in [-0.25, -0.2) is 0 Å². The molecule has 1 atom stereocenters. The van der Waals surface area contributed by atoms with Crippen LogP contribution in [-0.4, -0.2) is 18.5 Å². The van der Waals surface area contributed by atoms with Gasteiger partial charge in [0.25, 0.3) is 0 Å². The number of hydrogen-bond acceptors (Lipinski definition) is 2. The monoisotopic (exact) mass is 260 g/mol. The van der Waals surface area contributed by atoms with E-state index in [-0.39, 0.29) is 11.9 Å². The molecule has 1 aromatic carbocycles. The van der Waals surface area contributed by atoms with Crippen LogP contribution in [0.4, 0.5) is 0 Å². The lowest BCUT2D eigenvalue weighted by atomic mass is 9.96. The molecular formula is C17H24O2. The second kappa shape index (κ2) is 6.85. The summed E-state index contributed by atoms with van der Waals surface area (Å²) in [6.45, 7) is 5.21. The summed E-state index contributed by atoms with van der Waals surface area (Å²) in [5.74, 6) is 0.838. The Morgan fingerprint density at radius 1 is 1.37 bits per heavy atom. The summed E-state index contributed by atoms with van der Waals surface area (Å²) in [7, 11) is 0. The van der Waals surface area contributed by atoms with Gasteiger partial charge in [0.05, 0.1) is 6.10 Å². The number of benzene rings is 1. The molecule has 0 spiro atoms. The fourth-order valence-corrected chi connectivity index (χ4v) is 2.64. The molecule has 1 saturated heterocycles. The fraction of sp³-hybridized carbons (Fsp3) is 0.588. The molecule has 0 aliphatic carbocycles. The molecule has 1 heterocycles. The molecule has 0 bridgehead atoms. The summed E-state index contributed by atoms with van der Waals surface area (Å²) in [6, 6.07) is 8.07. The molecule has 2 nitrogen and oxygen atoms in total. The van der Waals surface area contributed by atoms with Crippen LogP contribution in [0.3, 0.4) is 0 Å². The highest BCUT2D eigenvalue weighted by Crippen LogP contribution is 2.19. The number of hydrogen-bond donors (Lipinski definition) is 0. The number of Topliss-reactive ketones (excluding diaryl/α,β-unsaturated/α-hetero) is 1. The third-order valence-electron chi connectivity index (χ3n) is 3.58. The average molecular weight is 260 g/mol. The minimum absolute atomic E-state index is 0.134. The van der Waals surface area contributed by atoms with Gasteiger partial charge in [-0.2, -0.15) is 0 Å². The number of ketones is 1. The lowest BCUT2D eigenvalue weighted by Crippen LogP contribution is -2.22. The largest absolute Gasteiger partial charge is 0.378 e. The maximum Gasteiger partial charge on any atom is 0.165 e. The maximum atomic E-state index is 12.3. The number of ether oxygens (including phenoxy) is 1. The SMILES string of the molecule is CC(C)Cc1cccc(C(=O)CC2CCCCO2)c1. The highest BCUT2D eigenvalue weighted by atomic mass is 16.5. The molecule has 0 N–H and O–H groups in total. The smallest absolute Gasteiger partial charge is 0.165 e. The van der Waals surface area contributed by atoms with E-state index in [1.165, 1.54) is 12.0 Å². The lowest BCUT2D eigenvalue weighted by Gasteiger charge is -2.21. The molecule has 0 amide bonds. The highest BCUT2D eigenvalue weighted by molar-refractivity contribution is 5.96. The first-order valence-corrected chi connectivity index (χ1v) is 7.39. The van der Waals surface area contributed by atoms with Crippen molar-refractivity contribution in [3.05, 3.63) is 35.4 Å². The van der Waals surface area contributed by atoms with E-state index in [1.807, 2.05) is 18.2 Å². The van der Waals surface area contributed by atoms with E-state index in [0.717, 1.165) is 31.4 Å². The van der Waals surface area contributed by atoms with Gasteiger partial charge in [-0.05, 0) is 43.2 Å². The van der Waals surface area contributed by atoms with E-state index in [1.54, 1.807) is 0 Å². The zero-order valence-corrected chi connectivity index (χ0v) is 12.0. The van der Waals surface area contributed by atoms with Crippen LogP contribution in [0.15, 0.2) is 24.3 Å². The van der Waals surface area contributed by atoms with Crippen molar-refractivity contribution in [2.45, 2.75) is 52.1 Å². The van der Waals surface area contributed by atoms with Crippen LogP contribution in [0, 0.1) is 5.92 Å². The number of rotatable bonds is 5. The summed E-state index contributed by atoms with van der Waals surface area (Å²) in [6.07, 6.45) is 5.04. The van der Waals surface area contributed by atoms with E-state index in [0.29, 0.717) is 12.3 Å². The van der Waals surface area contributed by atoms with Gasteiger partial charge >= 0.3 is 0 Å². The van der Waals surface area contributed by atoms with Crippen molar-refractivity contribution in [3.63, 3.8) is 0 Å². The van der Waals surface area contributed by atoms with Crippen molar-refractivity contribution in [3.8, 4) is 0 Å². The molecule has 0 saturated carbocycles. The van der Waals surface area contributed by atoms with Crippen LogP contribution in [0.2, 0.25) is 0 Å². The second-order valence-electron chi connectivity index (χ2n) is 5.91. The molecular weight excluding hydrogens is 236 g/mol. The first kappa shape index (κ1) is 14.3. The van der Waals surface area contributed by atoms with Crippen molar-refractivity contribution < 1.29 is 9.53 Å². The third kappa shape index (κ3) is 4.46. The molecule has 2 heteroatoms. The predicted molar refractivity (Wildman–Crippen MR) is 77.5 cm³/mol. The van der Waals surface area contributed by atoms with Crippen LogP contribution < -0.4 is 0 Å². The van der Waals surface area contributed by atoms with Gasteiger partial charge in [-0.15, -0.1) is 0 Å². The topological polar surface area (TPSA) is 26.3 Å². The van der Waals surface area contributed by atoms with Gasteiger partial charge in [0.15, 0.2) is 5.78 Å². The van der Waals surface area contributed by atoms with Crippen LogP contribution >= 0.6 is 0 Å². The minimum atomic E-state index is 0.134. The molecule has 0 aromatic heterocycles. The van der Waals surface area contributed by atoms with E-state index in [9.17, 15) is 4.79 Å². The lowest BCUT2D eigenvalue weighted by molar-refractivity contribution is 0.0129. The molecule has 1 aliphatic heterocycles. The molecule has 0 radical (unpaired) electrons. The standard InChI is InChI=1S/C17H24O2/c1-13(2)10-14-6-5-7-15(11-14)17(18)12-16-8-3-4-9-19-16/h5-7,11,13,16H,3-4,8-10,12H2,1-2H3. The number of carbonyl (C=O) groups is 1. The molecule has 19 heavy (non-hydrogen) atoms. The molecule has 1 aromatic rings. The molecule has 104 valence electrons. The normalized spacial score (nSPS) is 19.6. The van der Waals surface area contributed by atoms with Crippen LogP contribution in [0.1, 0.15) is 55.5 Å². The minimum Gasteiger partial charge on any atom is -0.378 e. The maximum absolute atomic E-state index is 12.3. The van der Waals surface area contributed by atoms with Gasteiger partial charge in [0.1, 0.15) is 0 Å². The Kier molecular flexibility index (Phi) is 5.15. The molecule has 2 rings (SSSR count). The van der Waals surface area contributed by atoms with Gasteiger partial charge in [0, 0.05) is 18.6 Å². The third-order valence-corrected chi connectivity index (χ3v) is 3.58. The molecule has 1 fully saturated rings. The van der Waals surface area contributed by atoms with Gasteiger partial charge in [-0.3, -0.25) is 4.79 Å². The van der Waals surface area contributed by atoms with Crippen molar-refractivity contribution in [2.24, 2.45) is 5.92 Å². The zero-order chi connectivity index (χ0) is 13.7. The fourth-order valence-electron chi connectivity index (χ4n) is 2.64. The van der Waals surface area contributed by atoms with Crippen LogP contribution in [0.25, 0.3) is 0 Å². The quantitative estimate of drug-likeness (QED) is 0.747. The summed E-state index contributed by atoms with van der Waals surface area (Å²) in [4.78, 5) is 12.3.